The van der Waals surface area contributed by atoms with Crippen LogP contribution in [0.15, 0.2) is 0 Å². The van der Waals surface area contributed by atoms with Crippen LogP contribution >= 0.6 is 7.82 Å². The average Bonchev–Trinajstić information content (AvgIpc) is 2.47. The molecule has 0 aromatic rings. The molecule has 0 aliphatic carbocycles. The molecule has 0 saturated heterocycles. The maximum absolute atomic E-state index is 11.8. The zero-order chi connectivity index (χ0) is 16.1. The first-order valence-electron chi connectivity index (χ1n) is 8.59. The minimum absolute atomic E-state index is 0. The van der Waals surface area contributed by atoms with Gasteiger partial charge in [-0.3, -0.25) is 4.57 Å². The van der Waals surface area contributed by atoms with Gasteiger partial charge < -0.3 is 13.9 Å². The summed E-state index contributed by atoms with van der Waals surface area (Å²) >= 11 is 0. The predicted octanol–water partition coefficient (Wildman–Crippen LogP) is 4.92. The molecule has 0 bridgehead atoms. The van der Waals surface area contributed by atoms with Crippen LogP contribution in [0.25, 0.3) is 0 Å². The van der Waals surface area contributed by atoms with E-state index in [0.29, 0.717) is 11.8 Å². The summed E-state index contributed by atoms with van der Waals surface area (Å²) in [6.07, 6.45) is 8.38. The normalized spacial score (nSPS) is 16.6. The molecule has 0 aromatic heterocycles. The Kier molecular flexibility index (Phi) is 17.5. The van der Waals surface area contributed by atoms with Crippen molar-refractivity contribution >= 4 is 7.82 Å². The van der Waals surface area contributed by atoms with Crippen molar-refractivity contribution in [3.05, 3.63) is 0 Å². The summed E-state index contributed by atoms with van der Waals surface area (Å²) in [4.78, 5) is 11.8. The van der Waals surface area contributed by atoms with Gasteiger partial charge in [0, 0.05) is 0 Å². The molecule has 0 saturated carbocycles. The van der Waals surface area contributed by atoms with Crippen LogP contribution in [0, 0.1) is 11.8 Å². The van der Waals surface area contributed by atoms with Gasteiger partial charge in [-0.1, -0.05) is 66.2 Å². The minimum atomic E-state index is -4.14. The molecular formula is C16H34MoO4P. The molecule has 0 rings (SSSR count). The maximum atomic E-state index is 11.8. The topological polar surface area (TPSA) is 58.6 Å². The van der Waals surface area contributed by atoms with Gasteiger partial charge >= 0.3 is 21.1 Å². The molecule has 2 atom stereocenters. The van der Waals surface area contributed by atoms with Gasteiger partial charge in [0.2, 0.25) is 0 Å². The van der Waals surface area contributed by atoms with Gasteiger partial charge in [0.1, 0.15) is 0 Å². The van der Waals surface area contributed by atoms with Gasteiger partial charge in [-0.25, -0.2) is 0 Å². The van der Waals surface area contributed by atoms with Crippen LogP contribution in [0.5, 0.6) is 0 Å². The first kappa shape index (κ1) is 25.0. The Morgan fingerprint density at radius 2 is 1.23 bits per heavy atom. The Morgan fingerprint density at radius 1 is 0.864 bits per heavy atom. The molecule has 0 heterocycles. The number of unbranched alkanes of at least 4 members (excludes halogenated alkanes) is 2. The van der Waals surface area contributed by atoms with Crippen molar-refractivity contribution in [1.82, 2.24) is 0 Å². The van der Waals surface area contributed by atoms with Gasteiger partial charge in [0.05, 0.1) is 13.2 Å². The summed E-state index contributed by atoms with van der Waals surface area (Å²) in [5.41, 5.74) is 0. The number of rotatable bonds is 14. The van der Waals surface area contributed by atoms with Gasteiger partial charge in [0.15, 0.2) is 0 Å². The summed E-state index contributed by atoms with van der Waals surface area (Å²) in [5, 5.41) is 0. The van der Waals surface area contributed by atoms with E-state index in [2.05, 4.69) is 27.7 Å². The second-order valence-electron chi connectivity index (χ2n) is 5.87. The van der Waals surface area contributed by atoms with Crippen LogP contribution < -0.4 is 4.89 Å². The van der Waals surface area contributed by atoms with Crippen LogP contribution in [0.4, 0.5) is 0 Å². The first-order chi connectivity index (χ1) is 9.99. The molecular weight excluding hydrogens is 383 g/mol. The Hall–Kier alpha value is 0.798. The van der Waals surface area contributed by atoms with E-state index in [0.717, 1.165) is 51.4 Å². The Morgan fingerprint density at radius 3 is 1.50 bits per heavy atom. The molecule has 0 amide bonds. The third kappa shape index (κ3) is 13.3. The van der Waals surface area contributed by atoms with E-state index < -0.39 is 7.82 Å². The summed E-state index contributed by atoms with van der Waals surface area (Å²) in [5.74, 6) is 0.607. The molecule has 4 nitrogen and oxygen atoms in total. The van der Waals surface area contributed by atoms with E-state index in [-0.39, 0.29) is 34.3 Å². The fraction of sp³-hybridized carbons (Fsp3) is 1.00. The van der Waals surface area contributed by atoms with E-state index in [1.165, 1.54) is 0 Å². The third-order valence-electron chi connectivity index (χ3n) is 4.02. The fourth-order valence-electron chi connectivity index (χ4n) is 2.23. The van der Waals surface area contributed by atoms with Crippen molar-refractivity contribution in [3.8, 4) is 0 Å². The Labute approximate surface area is 151 Å². The molecule has 22 heavy (non-hydrogen) atoms. The van der Waals surface area contributed by atoms with Crippen LogP contribution in [-0.4, -0.2) is 13.2 Å². The van der Waals surface area contributed by atoms with Crippen LogP contribution in [0.3, 0.4) is 0 Å². The van der Waals surface area contributed by atoms with Crippen molar-refractivity contribution in [2.75, 3.05) is 13.2 Å². The molecule has 133 valence electrons. The molecule has 0 aliphatic heterocycles. The third-order valence-corrected chi connectivity index (χ3v) is 4.95. The van der Waals surface area contributed by atoms with Crippen LogP contribution in [-0.2, 0) is 34.7 Å². The summed E-state index contributed by atoms with van der Waals surface area (Å²) in [7, 11) is -4.14. The summed E-state index contributed by atoms with van der Waals surface area (Å²) in [6, 6.07) is 0. The van der Waals surface area contributed by atoms with Crippen molar-refractivity contribution < 1.29 is 39.6 Å². The van der Waals surface area contributed by atoms with E-state index in [1.54, 1.807) is 0 Å². The minimum Gasteiger partial charge on any atom is -0.756 e. The van der Waals surface area contributed by atoms with Gasteiger partial charge in [-0.15, -0.1) is 0 Å². The second kappa shape index (κ2) is 15.3. The summed E-state index contributed by atoms with van der Waals surface area (Å²) < 4.78 is 21.9. The number of hydrogen-bond donors (Lipinski definition) is 0. The largest absolute Gasteiger partial charge is 1.00 e. The van der Waals surface area contributed by atoms with Crippen molar-refractivity contribution in [2.24, 2.45) is 11.8 Å². The zero-order valence-electron chi connectivity index (χ0n) is 14.7. The predicted molar refractivity (Wildman–Crippen MR) is 86.1 cm³/mol. The van der Waals surface area contributed by atoms with E-state index >= 15 is 0 Å². The van der Waals surface area contributed by atoms with Gasteiger partial charge in [0.25, 0.3) is 7.82 Å². The maximum Gasteiger partial charge on any atom is 1.00 e. The van der Waals surface area contributed by atoms with Crippen molar-refractivity contribution in [2.45, 2.75) is 79.1 Å². The zero-order valence-corrected chi connectivity index (χ0v) is 17.6. The van der Waals surface area contributed by atoms with Crippen molar-refractivity contribution in [1.29, 1.82) is 0 Å². The van der Waals surface area contributed by atoms with E-state index in [4.69, 9.17) is 9.05 Å². The standard InChI is InChI=1S/C16H35O4P.Mo/c1-5-9-11-15(7-3)13-19-21(17,18)20-14-16(8-4)12-10-6-2;/h15-16H,5-14H2,1-4H3,(H,17,18);/q;+1/p-1. The summed E-state index contributed by atoms with van der Waals surface area (Å²) in [6.45, 7) is 8.91. The van der Waals surface area contributed by atoms with Crippen LogP contribution in [0.1, 0.15) is 79.1 Å². The van der Waals surface area contributed by atoms with E-state index in [1.807, 2.05) is 0 Å². The molecule has 0 aromatic carbocycles. The SMILES string of the molecule is CCCCC(CC)COP(=O)([O-])OCC(CC)CCCC.[Mo+]. The second-order valence-corrected chi connectivity index (χ2v) is 7.28. The number of hydrogen-bond acceptors (Lipinski definition) is 4. The van der Waals surface area contributed by atoms with Crippen LogP contribution in [0.2, 0.25) is 0 Å². The van der Waals surface area contributed by atoms with Crippen molar-refractivity contribution in [3.63, 3.8) is 0 Å². The molecule has 2 unspecified atom stereocenters. The number of phosphoric acid groups is 1. The molecule has 1 radical (unpaired) electrons. The smallest absolute Gasteiger partial charge is 0.756 e. The first-order valence-corrected chi connectivity index (χ1v) is 10.0. The Bertz CT molecular complexity index is 265. The molecule has 0 aliphatic rings. The fourth-order valence-corrected chi connectivity index (χ4v) is 3.09. The number of phosphoric ester groups is 1. The molecule has 0 fully saturated rings. The molecule has 0 spiro atoms. The van der Waals surface area contributed by atoms with Gasteiger partial charge in [-0.05, 0) is 24.7 Å². The quantitative estimate of drug-likeness (QED) is 0.297. The van der Waals surface area contributed by atoms with E-state index in [9.17, 15) is 9.46 Å². The van der Waals surface area contributed by atoms with Gasteiger partial charge in [-0.2, -0.15) is 0 Å². The monoisotopic (exact) mass is 419 g/mol. The Balaban J connectivity index is 0. The molecule has 0 N–H and O–H groups in total. The average molecular weight is 417 g/mol. The molecule has 6 heteroatoms.